The van der Waals surface area contributed by atoms with Gasteiger partial charge >= 0.3 is 6.18 Å². The van der Waals surface area contributed by atoms with Crippen LogP contribution < -0.4 is 10.6 Å². The summed E-state index contributed by atoms with van der Waals surface area (Å²) in [6.07, 6.45) is -4.63. The Morgan fingerprint density at radius 1 is 1.36 bits per heavy atom. The number of hydrogen-bond donors (Lipinski definition) is 1. The second-order valence-corrected chi connectivity index (χ2v) is 2.42. The van der Waals surface area contributed by atoms with Gasteiger partial charge in [0.2, 0.25) is 0 Å². The summed E-state index contributed by atoms with van der Waals surface area (Å²) in [5.41, 5.74) is 3.95. The van der Waals surface area contributed by atoms with Crippen LogP contribution >= 0.6 is 0 Å². The average Bonchev–Trinajstić information content (AvgIpc) is 2.07. The summed E-state index contributed by atoms with van der Waals surface area (Å²) in [6, 6.07) is 2.77. The van der Waals surface area contributed by atoms with Crippen molar-refractivity contribution in [1.82, 2.24) is 0 Å². The molecule has 0 unspecified atom stereocenters. The molecular formula is C7H5F3N2O2. The fourth-order valence-corrected chi connectivity index (χ4v) is 0.889. The molecule has 4 nitrogen and oxygen atoms in total. The SMILES string of the molecule is Nc1ccc(ON=O)c(C(F)(F)F)c1. The fourth-order valence-electron chi connectivity index (χ4n) is 0.889. The van der Waals surface area contributed by atoms with Crippen LogP contribution in [0, 0.1) is 4.91 Å². The van der Waals surface area contributed by atoms with Crippen molar-refractivity contribution in [3.05, 3.63) is 28.7 Å². The Bertz CT molecular complexity index is 351. The molecule has 0 heterocycles. The molecule has 76 valence electrons. The van der Waals surface area contributed by atoms with Gasteiger partial charge in [-0.05, 0) is 18.2 Å². The lowest BCUT2D eigenvalue weighted by atomic mass is 10.2. The van der Waals surface area contributed by atoms with Crippen molar-refractivity contribution in [3.8, 4) is 5.75 Å². The quantitative estimate of drug-likeness (QED) is 0.458. The Morgan fingerprint density at radius 3 is 2.50 bits per heavy atom. The van der Waals surface area contributed by atoms with Crippen LogP contribution in [0.3, 0.4) is 0 Å². The van der Waals surface area contributed by atoms with Gasteiger partial charge in [-0.25, -0.2) is 0 Å². The molecule has 0 radical (unpaired) electrons. The van der Waals surface area contributed by atoms with Gasteiger partial charge in [-0.1, -0.05) is 0 Å². The van der Waals surface area contributed by atoms with Gasteiger partial charge in [0.05, 0.1) is 0 Å². The third-order valence-corrected chi connectivity index (χ3v) is 1.44. The highest BCUT2D eigenvalue weighted by Crippen LogP contribution is 2.37. The number of rotatable bonds is 2. The highest BCUT2D eigenvalue weighted by molar-refractivity contribution is 5.49. The standard InChI is InChI=1S/C7H5F3N2O2/c8-7(9,10)5-3-4(11)1-2-6(5)14-12-13/h1-3H,11H2. The van der Waals surface area contributed by atoms with E-state index in [-0.39, 0.29) is 5.69 Å². The Morgan fingerprint density at radius 2 is 2.00 bits per heavy atom. The number of nitrogens with zero attached hydrogens (tertiary/aromatic N) is 1. The molecule has 0 aliphatic rings. The highest BCUT2D eigenvalue weighted by atomic mass is 19.4. The first-order valence-corrected chi connectivity index (χ1v) is 3.41. The van der Waals surface area contributed by atoms with E-state index in [0.717, 1.165) is 6.07 Å². The van der Waals surface area contributed by atoms with Crippen molar-refractivity contribution in [2.45, 2.75) is 6.18 Å². The van der Waals surface area contributed by atoms with Crippen molar-refractivity contribution in [1.29, 1.82) is 0 Å². The second-order valence-electron chi connectivity index (χ2n) is 2.42. The minimum atomic E-state index is -4.63. The molecule has 0 aliphatic carbocycles. The first-order valence-electron chi connectivity index (χ1n) is 3.41. The highest BCUT2D eigenvalue weighted by Gasteiger charge is 2.35. The monoisotopic (exact) mass is 206 g/mol. The molecule has 7 heteroatoms. The average molecular weight is 206 g/mol. The van der Waals surface area contributed by atoms with Crippen LogP contribution in [0.1, 0.15) is 5.56 Å². The maximum Gasteiger partial charge on any atom is 0.420 e. The number of anilines is 1. The zero-order valence-corrected chi connectivity index (χ0v) is 6.71. The fraction of sp³-hybridized carbons (Fsp3) is 0.143. The molecule has 0 amide bonds. The molecular weight excluding hydrogens is 201 g/mol. The van der Waals surface area contributed by atoms with E-state index in [9.17, 15) is 18.1 Å². The summed E-state index contributed by atoms with van der Waals surface area (Å²) < 4.78 is 36.8. The molecule has 2 N–H and O–H groups in total. The number of benzene rings is 1. The first kappa shape index (κ1) is 10.3. The van der Waals surface area contributed by atoms with E-state index in [1.54, 1.807) is 0 Å². The zero-order chi connectivity index (χ0) is 10.8. The molecule has 1 aromatic carbocycles. The summed E-state index contributed by atoms with van der Waals surface area (Å²) in [7, 11) is 0. The first-order chi connectivity index (χ1) is 6.45. The van der Waals surface area contributed by atoms with Gasteiger partial charge in [0, 0.05) is 5.69 Å². The Balaban J connectivity index is 3.22. The Labute approximate surface area is 76.4 Å². The van der Waals surface area contributed by atoms with Gasteiger partial charge in [0.15, 0.2) is 11.1 Å². The van der Waals surface area contributed by atoms with Crippen LogP contribution in [0.5, 0.6) is 5.75 Å². The summed E-state index contributed by atoms with van der Waals surface area (Å²) in [5, 5.41) is 1.92. The molecule has 0 saturated carbocycles. The van der Waals surface area contributed by atoms with Crippen LogP contribution in [-0.4, -0.2) is 0 Å². The van der Waals surface area contributed by atoms with E-state index in [4.69, 9.17) is 5.73 Å². The van der Waals surface area contributed by atoms with E-state index >= 15 is 0 Å². The molecule has 0 fully saturated rings. The third-order valence-electron chi connectivity index (χ3n) is 1.44. The molecule has 14 heavy (non-hydrogen) atoms. The van der Waals surface area contributed by atoms with E-state index < -0.39 is 17.5 Å². The van der Waals surface area contributed by atoms with Crippen LogP contribution in [-0.2, 0) is 6.18 Å². The van der Waals surface area contributed by atoms with Crippen molar-refractivity contribution in [2.24, 2.45) is 5.34 Å². The lowest BCUT2D eigenvalue weighted by molar-refractivity contribution is -0.138. The smallest absolute Gasteiger partial charge is 0.399 e. The molecule has 0 aliphatic heterocycles. The molecule has 0 bridgehead atoms. The number of nitrogen functional groups attached to an aromatic ring is 1. The minimum Gasteiger partial charge on any atom is -0.399 e. The number of alkyl halides is 3. The summed E-state index contributed by atoms with van der Waals surface area (Å²) >= 11 is 0. The molecule has 1 aromatic rings. The van der Waals surface area contributed by atoms with Crippen molar-refractivity contribution in [2.75, 3.05) is 5.73 Å². The third kappa shape index (κ3) is 2.12. The van der Waals surface area contributed by atoms with E-state index in [1.807, 2.05) is 5.34 Å². The predicted octanol–water partition coefficient (Wildman–Crippen LogP) is 2.35. The van der Waals surface area contributed by atoms with Gasteiger partial charge in [0.1, 0.15) is 5.56 Å². The topological polar surface area (TPSA) is 64.7 Å². The van der Waals surface area contributed by atoms with Gasteiger partial charge in [-0.3, -0.25) is 0 Å². The molecule has 1 rings (SSSR count). The lowest BCUT2D eigenvalue weighted by Gasteiger charge is -2.09. The van der Waals surface area contributed by atoms with Crippen LogP contribution in [0.4, 0.5) is 18.9 Å². The van der Waals surface area contributed by atoms with Crippen molar-refractivity contribution < 1.29 is 18.0 Å². The van der Waals surface area contributed by atoms with Crippen molar-refractivity contribution in [3.63, 3.8) is 0 Å². The van der Waals surface area contributed by atoms with Gasteiger partial charge < -0.3 is 10.6 Å². The van der Waals surface area contributed by atoms with E-state index in [2.05, 4.69) is 4.84 Å². The van der Waals surface area contributed by atoms with E-state index in [1.165, 1.54) is 6.07 Å². The number of halogens is 3. The molecule has 0 saturated heterocycles. The molecule has 0 spiro atoms. The maximum absolute atomic E-state index is 12.3. The second kappa shape index (κ2) is 3.52. The van der Waals surface area contributed by atoms with Gasteiger partial charge in [-0.15, -0.1) is 4.91 Å². The normalized spacial score (nSPS) is 11.1. The Kier molecular flexibility index (Phi) is 2.59. The largest absolute Gasteiger partial charge is 0.420 e. The molecule has 0 aromatic heterocycles. The van der Waals surface area contributed by atoms with Gasteiger partial charge in [-0.2, -0.15) is 13.2 Å². The Hall–Kier alpha value is -1.79. The number of hydrogen-bond acceptors (Lipinski definition) is 4. The van der Waals surface area contributed by atoms with E-state index in [0.29, 0.717) is 6.07 Å². The van der Waals surface area contributed by atoms with Gasteiger partial charge in [0.25, 0.3) is 0 Å². The summed E-state index contributed by atoms with van der Waals surface area (Å²) in [4.78, 5) is 13.6. The molecule has 0 atom stereocenters. The lowest BCUT2D eigenvalue weighted by Crippen LogP contribution is -2.07. The van der Waals surface area contributed by atoms with Crippen LogP contribution in [0.25, 0.3) is 0 Å². The zero-order valence-electron chi connectivity index (χ0n) is 6.71. The minimum absolute atomic E-state index is 0.0735. The predicted molar refractivity (Wildman–Crippen MR) is 42.3 cm³/mol. The maximum atomic E-state index is 12.3. The van der Waals surface area contributed by atoms with Crippen molar-refractivity contribution >= 4 is 5.69 Å². The summed E-state index contributed by atoms with van der Waals surface area (Å²) in [6.45, 7) is 0. The van der Waals surface area contributed by atoms with Crippen LogP contribution in [0.2, 0.25) is 0 Å². The summed E-state index contributed by atoms with van der Waals surface area (Å²) in [5.74, 6) is -0.665. The number of nitrogens with two attached hydrogens (primary N) is 1. The van der Waals surface area contributed by atoms with Crippen LogP contribution in [0.15, 0.2) is 23.5 Å².